The third-order valence-electron chi connectivity index (χ3n) is 6.45. The number of methoxy groups -OCH3 is 1. The van der Waals surface area contributed by atoms with Crippen molar-refractivity contribution in [3.05, 3.63) is 103 Å². The number of hydrogen-bond donors (Lipinski definition) is 0. The summed E-state index contributed by atoms with van der Waals surface area (Å²) in [6.45, 7) is 9.36. The predicted molar refractivity (Wildman–Crippen MR) is 146 cm³/mol. The van der Waals surface area contributed by atoms with Crippen molar-refractivity contribution >= 4 is 34.5 Å². The van der Waals surface area contributed by atoms with Crippen LogP contribution in [-0.4, -0.2) is 36.2 Å². The average molecular weight is 530 g/mol. The molecule has 1 aromatic heterocycles. The predicted octanol–water partition coefficient (Wildman–Crippen LogP) is 3.10. The van der Waals surface area contributed by atoms with Crippen molar-refractivity contribution in [2.45, 2.75) is 32.9 Å². The molecular formula is C29H27N3O5S. The smallest absolute Gasteiger partial charge is 0.338 e. The molecule has 0 saturated heterocycles. The summed E-state index contributed by atoms with van der Waals surface area (Å²) < 4.78 is 12.6. The van der Waals surface area contributed by atoms with Crippen molar-refractivity contribution in [3.63, 3.8) is 0 Å². The van der Waals surface area contributed by atoms with Gasteiger partial charge in [0.05, 0.1) is 41.8 Å². The average Bonchev–Trinajstić information content (AvgIpc) is 3.35. The van der Waals surface area contributed by atoms with Gasteiger partial charge in [-0.25, -0.2) is 9.79 Å². The van der Waals surface area contributed by atoms with Gasteiger partial charge in [0.15, 0.2) is 4.80 Å². The van der Waals surface area contributed by atoms with E-state index in [1.54, 1.807) is 51.0 Å². The number of benzene rings is 2. The van der Waals surface area contributed by atoms with Gasteiger partial charge in [-0.2, -0.15) is 0 Å². The molecule has 3 heterocycles. The third kappa shape index (κ3) is 4.09. The summed E-state index contributed by atoms with van der Waals surface area (Å²) in [5.74, 6) is -0.169. The first kappa shape index (κ1) is 25.4. The van der Waals surface area contributed by atoms with E-state index in [4.69, 9.17) is 9.47 Å². The maximum Gasteiger partial charge on any atom is 0.338 e. The van der Waals surface area contributed by atoms with Crippen LogP contribution in [0.5, 0.6) is 5.75 Å². The summed E-state index contributed by atoms with van der Waals surface area (Å²) in [7, 11) is 1.57. The molecule has 1 amide bonds. The fourth-order valence-electron chi connectivity index (χ4n) is 4.82. The Hall–Kier alpha value is -4.24. The Morgan fingerprint density at radius 2 is 1.87 bits per heavy atom. The lowest BCUT2D eigenvalue weighted by molar-refractivity contribution is -0.143. The topological polar surface area (TPSA) is 90.2 Å². The Bertz CT molecular complexity index is 1680. The van der Waals surface area contributed by atoms with Crippen LogP contribution in [0.4, 0.5) is 5.69 Å². The Balaban J connectivity index is 1.79. The number of amides is 1. The molecule has 38 heavy (non-hydrogen) atoms. The van der Waals surface area contributed by atoms with Crippen molar-refractivity contribution in [1.82, 2.24) is 4.57 Å². The SMILES string of the molecule is C=CCN1C(=O)/C(=c2/sc3n(c2=O)[C@@H](c2ccc(OC)cc2)C(C(=O)OC(C)C)=C(C)N=3)c2ccccc21. The number of thiazole rings is 1. The number of esters is 1. The number of para-hydroxylation sites is 1. The number of aromatic nitrogens is 1. The van der Waals surface area contributed by atoms with Gasteiger partial charge in [0.1, 0.15) is 10.3 Å². The number of rotatable bonds is 6. The number of carbonyl (C=O) groups is 2. The molecule has 0 N–H and O–H groups in total. The number of fused-ring (bicyclic) bond motifs is 2. The molecule has 2 aliphatic rings. The summed E-state index contributed by atoms with van der Waals surface area (Å²) in [5, 5.41) is 0. The summed E-state index contributed by atoms with van der Waals surface area (Å²) in [5.41, 5.74) is 2.77. The summed E-state index contributed by atoms with van der Waals surface area (Å²) in [6.07, 6.45) is 1.30. The molecule has 2 aromatic carbocycles. The zero-order valence-corrected chi connectivity index (χ0v) is 22.4. The van der Waals surface area contributed by atoms with Crippen molar-refractivity contribution < 1.29 is 19.1 Å². The molecule has 9 heteroatoms. The number of ether oxygens (including phenoxy) is 2. The molecule has 2 aliphatic heterocycles. The van der Waals surface area contributed by atoms with Gasteiger partial charge in [0.25, 0.3) is 11.5 Å². The fraction of sp³-hybridized carbons (Fsp3) is 0.241. The minimum atomic E-state index is -0.784. The summed E-state index contributed by atoms with van der Waals surface area (Å²) in [6, 6.07) is 13.8. The van der Waals surface area contributed by atoms with Gasteiger partial charge >= 0.3 is 5.97 Å². The van der Waals surface area contributed by atoms with Gasteiger partial charge in [-0.3, -0.25) is 14.2 Å². The van der Waals surface area contributed by atoms with Gasteiger partial charge in [0, 0.05) is 12.1 Å². The van der Waals surface area contributed by atoms with Crippen LogP contribution in [0.2, 0.25) is 0 Å². The van der Waals surface area contributed by atoms with Crippen LogP contribution < -0.4 is 24.5 Å². The largest absolute Gasteiger partial charge is 0.497 e. The highest BCUT2D eigenvalue weighted by Gasteiger charge is 2.37. The van der Waals surface area contributed by atoms with Crippen LogP contribution in [0, 0.1) is 0 Å². The lowest BCUT2D eigenvalue weighted by atomic mass is 9.95. The van der Waals surface area contributed by atoms with Crippen LogP contribution in [0.25, 0.3) is 5.57 Å². The van der Waals surface area contributed by atoms with Gasteiger partial charge in [0.2, 0.25) is 0 Å². The summed E-state index contributed by atoms with van der Waals surface area (Å²) in [4.78, 5) is 47.6. The monoisotopic (exact) mass is 529 g/mol. The van der Waals surface area contributed by atoms with Crippen LogP contribution in [0.3, 0.4) is 0 Å². The molecule has 3 aromatic rings. The van der Waals surface area contributed by atoms with Crippen molar-refractivity contribution in [2.24, 2.45) is 4.99 Å². The maximum atomic E-state index is 14.1. The molecule has 0 aliphatic carbocycles. The molecule has 0 bridgehead atoms. The second-order valence-corrected chi connectivity index (χ2v) is 10.2. The molecule has 194 valence electrons. The molecule has 8 nitrogen and oxygen atoms in total. The highest BCUT2D eigenvalue weighted by Crippen LogP contribution is 2.35. The van der Waals surface area contributed by atoms with E-state index in [-0.39, 0.29) is 22.1 Å². The Morgan fingerprint density at radius 3 is 2.53 bits per heavy atom. The molecular weight excluding hydrogens is 502 g/mol. The number of carbonyl (C=O) groups excluding carboxylic acids is 2. The minimum absolute atomic E-state index is 0.271. The molecule has 0 saturated carbocycles. The first-order valence-electron chi connectivity index (χ1n) is 12.2. The van der Waals surface area contributed by atoms with E-state index in [1.165, 1.54) is 4.57 Å². The minimum Gasteiger partial charge on any atom is -0.497 e. The second-order valence-electron chi connectivity index (χ2n) is 9.23. The van der Waals surface area contributed by atoms with Gasteiger partial charge < -0.3 is 14.4 Å². The van der Waals surface area contributed by atoms with E-state index in [0.29, 0.717) is 39.5 Å². The number of anilines is 1. The highest BCUT2D eigenvalue weighted by atomic mass is 32.1. The molecule has 0 spiro atoms. The van der Waals surface area contributed by atoms with E-state index in [0.717, 1.165) is 17.0 Å². The van der Waals surface area contributed by atoms with Crippen LogP contribution in [0.15, 0.2) is 82.2 Å². The standard InChI is InChI=1S/C29H27N3O5S/c1-6-15-31-21-10-8-7-9-20(21)23(26(31)33)25-27(34)32-24(18-11-13-19(36-5)14-12-18)22(28(35)37-16(2)3)17(4)30-29(32)38-25/h6-14,16,24H,1,15H2,2-5H3/b25-23+/t24-/m0/s1. The van der Waals surface area contributed by atoms with Crippen LogP contribution in [-0.2, 0) is 14.3 Å². The zero-order chi connectivity index (χ0) is 27.1. The van der Waals surface area contributed by atoms with Crippen molar-refractivity contribution in [3.8, 4) is 5.75 Å². The number of hydrogen-bond acceptors (Lipinski definition) is 7. The van der Waals surface area contributed by atoms with E-state index >= 15 is 0 Å². The quantitative estimate of drug-likeness (QED) is 0.362. The Kier molecular flexibility index (Phi) is 6.62. The third-order valence-corrected chi connectivity index (χ3v) is 7.51. The molecule has 1 atom stereocenters. The second kappa shape index (κ2) is 9.90. The lowest BCUT2D eigenvalue weighted by Gasteiger charge is -2.25. The van der Waals surface area contributed by atoms with E-state index < -0.39 is 17.6 Å². The maximum absolute atomic E-state index is 14.1. The van der Waals surface area contributed by atoms with E-state index in [1.807, 2.05) is 36.4 Å². The first-order chi connectivity index (χ1) is 18.3. The van der Waals surface area contributed by atoms with Gasteiger partial charge in [-0.15, -0.1) is 6.58 Å². The van der Waals surface area contributed by atoms with Crippen molar-refractivity contribution in [1.29, 1.82) is 0 Å². The highest BCUT2D eigenvalue weighted by molar-refractivity contribution is 7.07. The van der Waals surface area contributed by atoms with E-state index in [9.17, 15) is 14.4 Å². The molecule has 5 rings (SSSR count). The zero-order valence-electron chi connectivity index (χ0n) is 21.6. The van der Waals surface area contributed by atoms with Gasteiger partial charge in [-0.05, 0) is 44.5 Å². The van der Waals surface area contributed by atoms with Crippen molar-refractivity contribution in [2.75, 3.05) is 18.6 Å². The summed E-state index contributed by atoms with van der Waals surface area (Å²) >= 11 is 1.15. The van der Waals surface area contributed by atoms with Crippen LogP contribution in [0.1, 0.15) is 37.9 Å². The normalized spacial score (nSPS) is 17.8. The molecule has 0 fully saturated rings. The molecule has 0 radical (unpaired) electrons. The Morgan fingerprint density at radius 1 is 1.16 bits per heavy atom. The van der Waals surface area contributed by atoms with Crippen LogP contribution >= 0.6 is 11.3 Å². The first-order valence-corrected chi connectivity index (χ1v) is 13.0. The molecule has 0 unspecified atom stereocenters. The Labute approximate surface area is 223 Å². The lowest BCUT2D eigenvalue weighted by Crippen LogP contribution is -2.41. The van der Waals surface area contributed by atoms with Gasteiger partial charge in [-0.1, -0.05) is 47.7 Å². The number of nitrogens with zero attached hydrogens (tertiary/aromatic N) is 3. The van der Waals surface area contributed by atoms with E-state index in [2.05, 4.69) is 11.6 Å². The number of allylic oxidation sites excluding steroid dienone is 1. The fourth-order valence-corrected chi connectivity index (χ4v) is 5.96.